The molecule has 0 spiro atoms. The molecule has 104 valence electrons. The maximum Gasteiger partial charge on any atom is 0.256 e. The van der Waals surface area contributed by atoms with Crippen LogP contribution >= 0.6 is 0 Å². The number of benzene rings is 1. The normalized spacial score (nSPS) is 19.5. The molecular weight excluding hydrogens is 250 g/mol. The molecule has 0 bridgehead atoms. The molecule has 2 rings (SSSR count). The van der Waals surface area contributed by atoms with Crippen molar-refractivity contribution >= 4 is 5.91 Å². The Labute approximate surface area is 111 Å². The standard InChI is InChI=1S/C14H18F2N2O/c1-17-8-10-3-2-6-18(9-10)14(19)12-7-11(15)4-5-13(12)16/h4-5,7,10,17H,2-3,6,8-9H2,1H3. The lowest BCUT2D eigenvalue weighted by atomic mass is 9.97. The lowest BCUT2D eigenvalue weighted by Crippen LogP contribution is -2.42. The topological polar surface area (TPSA) is 32.3 Å². The number of carbonyl (C=O) groups is 1. The van der Waals surface area contributed by atoms with Crippen molar-refractivity contribution in [3.8, 4) is 0 Å². The van der Waals surface area contributed by atoms with Gasteiger partial charge in [0.2, 0.25) is 0 Å². The number of nitrogens with one attached hydrogen (secondary N) is 1. The second kappa shape index (κ2) is 6.10. The van der Waals surface area contributed by atoms with Gasteiger partial charge in [-0.05, 0) is 50.6 Å². The minimum Gasteiger partial charge on any atom is -0.338 e. The molecule has 1 aliphatic rings. The highest BCUT2D eigenvalue weighted by Gasteiger charge is 2.25. The molecule has 1 unspecified atom stereocenters. The molecule has 1 amide bonds. The Morgan fingerprint density at radius 1 is 1.47 bits per heavy atom. The number of amides is 1. The fourth-order valence-electron chi connectivity index (χ4n) is 2.54. The highest BCUT2D eigenvalue weighted by atomic mass is 19.1. The number of carbonyl (C=O) groups excluding carboxylic acids is 1. The van der Waals surface area contributed by atoms with E-state index in [2.05, 4.69) is 5.32 Å². The van der Waals surface area contributed by atoms with Crippen molar-refractivity contribution in [1.29, 1.82) is 0 Å². The van der Waals surface area contributed by atoms with Crippen molar-refractivity contribution in [2.24, 2.45) is 5.92 Å². The van der Waals surface area contributed by atoms with E-state index in [9.17, 15) is 13.6 Å². The van der Waals surface area contributed by atoms with Crippen LogP contribution in [-0.2, 0) is 0 Å². The van der Waals surface area contributed by atoms with E-state index >= 15 is 0 Å². The summed E-state index contributed by atoms with van der Waals surface area (Å²) in [5.74, 6) is -1.30. The van der Waals surface area contributed by atoms with Crippen LogP contribution in [0, 0.1) is 17.6 Å². The molecular formula is C14H18F2N2O. The molecule has 19 heavy (non-hydrogen) atoms. The summed E-state index contributed by atoms with van der Waals surface area (Å²) in [7, 11) is 1.87. The minimum absolute atomic E-state index is 0.176. The van der Waals surface area contributed by atoms with E-state index < -0.39 is 17.5 Å². The van der Waals surface area contributed by atoms with Crippen molar-refractivity contribution in [3.63, 3.8) is 0 Å². The molecule has 1 fully saturated rings. The second-order valence-electron chi connectivity index (χ2n) is 4.94. The van der Waals surface area contributed by atoms with Crippen molar-refractivity contribution in [2.75, 3.05) is 26.7 Å². The van der Waals surface area contributed by atoms with Gasteiger partial charge in [0.05, 0.1) is 5.56 Å². The summed E-state index contributed by atoms with van der Waals surface area (Å²) >= 11 is 0. The van der Waals surface area contributed by atoms with E-state index in [1.807, 2.05) is 7.05 Å². The van der Waals surface area contributed by atoms with Gasteiger partial charge in [-0.25, -0.2) is 8.78 Å². The van der Waals surface area contributed by atoms with E-state index in [4.69, 9.17) is 0 Å². The molecule has 0 radical (unpaired) electrons. The number of hydrogen-bond donors (Lipinski definition) is 1. The summed E-state index contributed by atoms with van der Waals surface area (Å²) in [6, 6.07) is 2.99. The first kappa shape index (κ1) is 13.9. The van der Waals surface area contributed by atoms with Crippen LogP contribution in [0.2, 0.25) is 0 Å². The maximum atomic E-state index is 13.6. The van der Waals surface area contributed by atoms with Crippen LogP contribution in [0.4, 0.5) is 8.78 Å². The summed E-state index contributed by atoms with van der Waals surface area (Å²) in [5.41, 5.74) is -0.176. The number of hydrogen-bond acceptors (Lipinski definition) is 2. The van der Waals surface area contributed by atoms with E-state index in [0.717, 1.165) is 37.6 Å². The first-order chi connectivity index (χ1) is 9.11. The number of halogens is 2. The van der Waals surface area contributed by atoms with Crippen LogP contribution in [0.5, 0.6) is 0 Å². The van der Waals surface area contributed by atoms with Gasteiger partial charge < -0.3 is 10.2 Å². The van der Waals surface area contributed by atoms with Gasteiger partial charge in [0.15, 0.2) is 0 Å². The third-order valence-electron chi connectivity index (χ3n) is 3.46. The molecule has 1 atom stereocenters. The summed E-state index contributed by atoms with van der Waals surface area (Å²) in [5, 5.41) is 3.09. The predicted molar refractivity (Wildman–Crippen MR) is 68.9 cm³/mol. The summed E-state index contributed by atoms with van der Waals surface area (Å²) in [6.45, 7) is 2.03. The van der Waals surface area contributed by atoms with Gasteiger partial charge in [0, 0.05) is 13.1 Å². The SMILES string of the molecule is CNCC1CCCN(C(=O)c2cc(F)ccc2F)C1. The molecule has 1 N–H and O–H groups in total. The Bertz CT molecular complexity index is 463. The zero-order valence-corrected chi connectivity index (χ0v) is 11.0. The Hall–Kier alpha value is -1.49. The van der Waals surface area contributed by atoms with E-state index in [1.54, 1.807) is 4.90 Å². The fraction of sp³-hybridized carbons (Fsp3) is 0.500. The quantitative estimate of drug-likeness (QED) is 0.910. The lowest BCUT2D eigenvalue weighted by molar-refractivity contribution is 0.0669. The van der Waals surface area contributed by atoms with Crippen LogP contribution in [-0.4, -0.2) is 37.5 Å². The summed E-state index contributed by atoms with van der Waals surface area (Å²) < 4.78 is 26.7. The Morgan fingerprint density at radius 2 is 2.26 bits per heavy atom. The van der Waals surface area contributed by atoms with E-state index in [1.165, 1.54) is 0 Å². The van der Waals surface area contributed by atoms with Crippen LogP contribution in [0.25, 0.3) is 0 Å². The number of likely N-dealkylation sites (tertiary alicyclic amines) is 1. The predicted octanol–water partition coefficient (Wildman–Crippen LogP) is 2.04. The Kier molecular flexibility index (Phi) is 4.47. The third-order valence-corrected chi connectivity index (χ3v) is 3.46. The van der Waals surface area contributed by atoms with E-state index in [0.29, 0.717) is 19.0 Å². The molecule has 0 saturated carbocycles. The summed E-state index contributed by atoms with van der Waals surface area (Å²) in [4.78, 5) is 13.8. The van der Waals surface area contributed by atoms with Crippen molar-refractivity contribution in [2.45, 2.75) is 12.8 Å². The smallest absolute Gasteiger partial charge is 0.256 e. The molecule has 3 nitrogen and oxygen atoms in total. The van der Waals surface area contributed by atoms with Gasteiger partial charge in [-0.1, -0.05) is 0 Å². The maximum absolute atomic E-state index is 13.6. The van der Waals surface area contributed by atoms with E-state index in [-0.39, 0.29) is 5.56 Å². The molecule has 0 aliphatic carbocycles. The molecule has 1 saturated heterocycles. The summed E-state index contributed by atoms with van der Waals surface area (Å²) in [6.07, 6.45) is 1.95. The third kappa shape index (κ3) is 3.29. The molecule has 1 aromatic rings. The van der Waals surface area contributed by atoms with Gasteiger partial charge in [-0.2, -0.15) is 0 Å². The Balaban J connectivity index is 2.12. The second-order valence-corrected chi connectivity index (χ2v) is 4.94. The average molecular weight is 268 g/mol. The number of rotatable bonds is 3. The largest absolute Gasteiger partial charge is 0.338 e. The van der Waals surface area contributed by atoms with Gasteiger partial charge in [-0.3, -0.25) is 4.79 Å². The molecule has 0 aromatic heterocycles. The first-order valence-electron chi connectivity index (χ1n) is 6.50. The number of nitrogens with zero attached hydrogens (tertiary/aromatic N) is 1. The number of piperidine rings is 1. The zero-order valence-electron chi connectivity index (χ0n) is 11.0. The van der Waals surface area contributed by atoms with Crippen LogP contribution < -0.4 is 5.32 Å². The molecule has 5 heteroatoms. The zero-order chi connectivity index (χ0) is 13.8. The van der Waals surface area contributed by atoms with Gasteiger partial charge in [0.25, 0.3) is 5.91 Å². The van der Waals surface area contributed by atoms with Crippen molar-refractivity contribution < 1.29 is 13.6 Å². The molecule has 1 aromatic carbocycles. The first-order valence-corrected chi connectivity index (χ1v) is 6.50. The Morgan fingerprint density at radius 3 is 3.00 bits per heavy atom. The fourth-order valence-corrected chi connectivity index (χ4v) is 2.54. The van der Waals surface area contributed by atoms with Crippen molar-refractivity contribution in [1.82, 2.24) is 10.2 Å². The molecule has 1 aliphatic heterocycles. The van der Waals surface area contributed by atoms with Gasteiger partial charge >= 0.3 is 0 Å². The van der Waals surface area contributed by atoms with Crippen LogP contribution in [0.15, 0.2) is 18.2 Å². The van der Waals surface area contributed by atoms with Gasteiger partial charge in [-0.15, -0.1) is 0 Å². The van der Waals surface area contributed by atoms with Crippen molar-refractivity contribution in [3.05, 3.63) is 35.4 Å². The minimum atomic E-state index is -0.665. The van der Waals surface area contributed by atoms with Crippen LogP contribution in [0.3, 0.4) is 0 Å². The monoisotopic (exact) mass is 268 g/mol. The highest BCUT2D eigenvalue weighted by molar-refractivity contribution is 5.94. The van der Waals surface area contributed by atoms with Crippen LogP contribution in [0.1, 0.15) is 23.2 Å². The van der Waals surface area contributed by atoms with Gasteiger partial charge in [0.1, 0.15) is 11.6 Å². The molecule has 1 heterocycles. The highest BCUT2D eigenvalue weighted by Crippen LogP contribution is 2.19. The average Bonchev–Trinajstić information content (AvgIpc) is 2.41. The lowest BCUT2D eigenvalue weighted by Gasteiger charge is -2.32.